The molecule has 1 aliphatic heterocycles. The highest BCUT2D eigenvalue weighted by Crippen LogP contribution is 2.28. The predicted octanol–water partition coefficient (Wildman–Crippen LogP) is 1.00. The van der Waals surface area contributed by atoms with Crippen LogP contribution in [0.5, 0.6) is 5.75 Å². The number of nitrogens with zero attached hydrogens (tertiary/aromatic N) is 2. The molecule has 148 valence electrons. The monoisotopic (exact) mass is 397 g/mol. The number of imide groups is 1. The molecule has 3 rings (SSSR count). The smallest absolute Gasteiger partial charge is 0.432 e. The Morgan fingerprint density at radius 2 is 1.96 bits per heavy atom. The van der Waals surface area contributed by atoms with Crippen LogP contribution in [-0.4, -0.2) is 41.1 Å². The number of aromatic amines is 1. The number of ether oxygens (including phenoxy) is 1. The second kappa shape index (κ2) is 7.31. The van der Waals surface area contributed by atoms with E-state index >= 15 is 0 Å². The number of hydrazine groups is 1. The largest absolute Gasteiger partial charge is 0.497 e. The topological polar surface area (TPSA) is 116 Å². The van der Waals surface area contributed by atoms with Crippen molar-refractivity contribution in [1.82, 2.24) is 21.0 Å². The van der Waals surface area contributed by atoms with E-state index in [2.05, 4.69) is 16.0 Å². The van der Waals surface area contributed by atoms with E-state index in [9.17, 15) is 27.6 Å². The molecule has 3 amide bonds. The fourth-order valence-corrected chi connectivity index (χ4v) is 2.55. The lowest BCUT2D eigenvalue weighted by Crippen LogP contribution is -2.48. The molecule has 2 aromatic rings. The lowest BCUT2D eigenvalue weighted by molar-refractivity contribution is -0.141. The molecule has 1 atom stereocenters. The number of hydrogen-bond donors (Lipinski definition) is 3. The summed E-state index contributed by atoms with van der Waals surface area (Å²) in [6, 6.07) is 5.67. The van der Waals surface area contributed by atoms with E-state index in [4.69, 9.17) is 4.74 Å². The minimum Gasteiger partial charge on any atom is -0.497 e. The number of methoxy groups -OCH3 is 1. The van der Waals surface area contributed by atoms with Crippen molar-refractivity contribution in [2.24, 2.45) is 0 Å². The summed E-state index contributed by atoms with van der Waals surface area (Å²) >= 11 is 0. The number of carbonyl (C=O) groups is 3. The highest BCUT2D eigenvalue weighted by atomic mass is 19.4. The third-order valence-electron chi connectivity index (χ3n) is 3.95. The molecule has 1 saturated heterocycles. The zero-order valence-electron chi connectivity index (χ0n) is 14.3. The number of anilines is 1. The average Bonchev–Trinajstić information content (AvgIpc) is 3.25. The molecule has 1 aliphatic rings. The minimum absolute atomic E-state index is 0.237. The fourth-order valence-electron chi connectivity index (χ4n) is 2.55. The molecule has 12 heteroatoms. The molecule has 1 aromatic carbocycles. The molecule has 0 spiro atoms. The van der Waals surface area contributed by atoms with E-state index in [-0.39, 0.29) is 6.42 Å². The van der Waals surface area contributed by atoms with Crippen molar-refractivity contribution in [2.75, 3.05) is 12.0 Å². The Hall–Kier alpha value is -3.41. The van der Waals surface area contributed by atoms with Gasteiger partial charge in [-0.3, -0.25) is 24.9 Å². The number of hydrogen-bond acceptors (Lipinski definition) is 6. The van der Waals surface area contributed by atoms with Gasteiger partial charge in [-0.15, -0.1) is 0 Å². The predicted molar refractivity (Wildman–Crippen MR) is 88.1 cm³/mol. The summed E-state index contributed by atoms with van der Waals surface area (Å²) in [6.07, 6.45) is -4.91. The van der Waals surface area contributed by atoms with Gasteiger partial charge in [0.2, 0.25) is 5.91 Å². The van der Waals surface area contributed by atoms with Gasteiger partial charge in [-0.05, 0) is 24.3 Å². The van der Waals surface area contributed by atoms with Crippen molar-refractivity contribution in [3.8, 4) is 5.75 Å². The SMILES string of the molecule is COc1ccc(N2C(=O)C[C@@H](NNC(=O)c3cc(C(F)(F)F)[nH]n3)C2=O)cc1. The van der Waals surface area contributed by atoms with E-state index < -0.39 is 41.3 Å². The van der Waals surface area contributed by atoms with Crippen LogP contribution in [0.2, 0.25) is 0 Å². The fraction of sp³-hybridized carbons (Fsp3) is 0.250. The van der Waals surface area contributed by atoms with Gasteiger partial charge in [-0.2, -0.15) is 18.3 Å². The summed E-state index contributed by atoms with van der Waals surface area (Å²) in [5, 5.41) is 4.97. The molecule has 0 bridgehead atoms. The average molecular weight is 397 g/mol. The summed E-state index contributed by atoms with van der Waals surface area (Å²) in [5.74, 6) is -1.56. The van der Waals surface area contributed by atoms with Gasteiger partial charge in [0.25, 0.3) is 11.8 Å². The van der Waals surface area contributed by atoms with Gasteiger partial charge in [0.15, 0.2) is 5.69 Å². The first-order valence-corrected chi connectivity index (χ1v) is 7.90. The summed E-state index contributed by atoms with van der Waals surface area (Å²) in [5.41, 5.74) is 3.07. The second-order valence-corrected chi connectivity index (χ2v) is 5.79. The Kier molecular flexibility index (Phi) is 5.05. The minimum atomic E-state index is -4.67. The Morgan fingerprint density at radius 1 is 1.29 bits per heavy atom. The summed E-state index contributed by atoms with van der Waals surface area (Å²) in [6.45, 7) is 0. The first-order valence-electron chi connectivity index (χ1n) is 7.90. The summed E-state index contributed by atoms with van der Waals surface area (Å²) < 4.78 is 42.6. The number of benzene rings is 1. The number of rotatable bonds is 5. The molecule has 0 aliphatic carbocycles. The quantitative estimate of drug-likeness (QED) is 0.512. The molecule has 3 N–H and O–H groups in total. The zero-order chi connectivity index (χ0) is 20.5. The van der Waals surface area contributed by atoms with E-state index in [0.29, 0.717) is 17.5 Å². The van der Waals surface area contributed by atoms with Gasteiger partial charge in [-0.25, -0.2) is 10.3 Å². The highest BCUT2D eigenvalue weighted by Gasteiger charge is 2.40. The lowest BCUT2D eigenvalue weighted by atomic mass is 10.2. The standard InChI is InChI=1S/C16H14F3N5O4/c1-28-9-4-2-8(3-5-9)24-13(25)7-11(15(24)27)21-23-14(26)10-6-12(22-20-10)16(17,18)19/h2-6,11,21H,7H2,1H3,(H,20,22)(H,23,26)/t11-/m1/s1. The Balaban J connectivity index is 1.63. The third kappa shape index (κ3) is 3.81. The van der Waals surface area contributed by atoms with Crippen molar-refractivity contribution >= 4 is 23.4 Å². The van der Waals surface area contributed by atoms with Gasteiger partial charge >= 0.3 is 6.18 Å². The van der Waals surface area contributed by atoms with Crippen molar-refractivity contribution < 1.29 is 32.3 Å². The highest BCUT2D eigenvalue weighted by molar-refractivity contribution is 6.22. The normalized spacial score (nSPS) is 17.1. The third-order valence-corrected chi connectivity index (χ3v) is 3.95. The van der Waals surface area contributed by atoms with Crippen LogP contribution in [0.3, 0.4) is 0 Å². The zero-order valence-corrected chi connectivity index (χ0v) is 14.3. The maximum atomic E-state index is 12.5. The maximum Gasteiger partial charge on any atom is 0.432 e. The maximum absolute atomic E-state index is 12.5. The summed E-state index contributed by atoms with van der Waals surface area (Å²) in [4.78, 5) is 37.5. The first-order chi connectivity index (χ1) is 13.2. The van der Waals surface area contributed by atoms with Gasteiger partial charge in [0.05, 0.1) is 19.2 Å². The number of H-pyrrole nitrogens is 1. The van der Waals surface area contributed by atoms with Gasteiger partial charge in [0.1, 0.15) is 17.5 Å². The molecule has 28 heavy (non-hydrogen) atoms. The van der Waals surface area contributed by atoms with Crippen LogP contribution in [0.25, 0.3) is 0 Å². The molecule has 0 radical (unpaired) electrons. The van der Waals surface area contributed by atoms with Gasteiger partial charge < -0.3 is 4.74 Å². The lowest BCUT2D eigenvalue weighted by Gasteiger charge is -2.16. The number of halogens is 3. The molecule has 0 unspecified atom stereocenters. The van der Waals surface area contributed by atoms with E-state index in [1.54, 1.807) is 17.2 Å². The van der Waals surface area contributed by atoms with Crippen LogP contribution in [-0.2, 0) is 15.8 Å². The van der Waals surface area contributed by atoms with Crippen molar-refractivity contribution in [3.63, 3.8) is 0 Å². The van der Waals surface area contributed by atoms with Gasteiger partial charge in [0, 0.05) is 6.07 Å². The van der Waals surface area contributed by atoms with Crippen LogP contribution in [0.15, 0.2) is 30.3 Å². The Morgan fingerprint density at radius 3 is 2.54 bits per heavy atom. The first kappa shape index (κ1) is 19.4. The molecular formula is C16H14F3N5O4. The molecule has 1 fully saturated rings. The van der Waals surface area contributed by atoms with Crippen LogP contribution in [0.1, 0.15) is 22.6 Å². The van der Waals surface area contributed by atoms with Crippen molar-refractivity contribution in [3.05, 3.63) is 41.7 Å². The summed E-state index contributed by atoms with van der Waals surface area (Å²) in [7, 11) is 1.47. The van der Waals surface area contributed by atoms with Gasteiger partial charge in [-0.1, -0.05) is 0 Å². The molecule has 2 heterocycles. The van der Waals surface area contributed by atoms with E-state index in [0.717, 1.165) is 4.90 Å². The van der Waals surface area contributed by atoms with E-state index in [1.165, 1.54) is 19.2 Å². The molecule has 1 aromatic heterocycles. The molecule has 0 saturated carbocycles. The van der Waals surface area contributed by atoms with Crippen LogP contribution < -0.4 is 20.5 Å². The number of carbonyl (C=O) groups excluding carboxylic acids is 3. The number of alkyl halides is 3. The van der Waals surface area contributed by atoms with E-state index in [1.807, 2.05) is 0 Å². The number of aromatic nitrogens is 2. The van der Waals surface area contributed by atoms with Crippen molar-refractivity contribution in [1.29, 1.82) is 0 Å². The second-order valence-electron chi connectivity index (χ2n) is 5.79. The number of nitrogens with one attached hydrogen (secondary N) is 3. The Bertz CT molecular complexity index is 910. The van der Waals surface area contributed by atoms with Crippen LogP contribution >= 0.6 is 0 Å². The number of amides is 3. The molecule has 9 nitrogen and oxygen atoms in total. The van der Waals surface area contributed by atoms with Crippen LogP contribution in [0, 0.1) is 0 Å². The van der Waals surface area contributed by atoms with Crippen LogP contribution in [0.4, 0.5) is 18.9 Å². The Labute approximate surface area is 155 Å². The molecular weight excluding hydrogens is 383 g/mol. The van der Waals surface area contributed by atoms with Crippen molar-refractivity contribution in [2.45, 2.75) is 18.6 Å².